The van der Waals surface area contributed by atoms with Gasteiger partial charge in [0.05, 0.1) is 18.2 Å². The van der Waals surface area contributed by atoms with Crippen molar-refractivity contribution < 1.29 is 42.6 Å². The molecule has 0 aliphatic carbocycles. The molecule has 196 valence electrons. The summed E-state index contributed by atoms with van der Waals surface area (Å²) in [6.07, 6.45) is -5.40. The van der Waals surface area contributed by atoms with Gasteiger partial charge in [0.15, 0.2) is 23.9 Å². The highest BCUT2D eigenvalue weighted by Gasteiger charge is 2.47. The highest BCUT2D eigenvalue weighted by molar-refractivity contribution is 7.70. The van der Waals surface area contributed by atoms with Crippen molar-refractivity contribution in [2.24, 2.45) is 0 Å². The molecule has 0 amide bonds. The van der Waals surface area contributed by atoms with Crippen LogP contribution in [0.2, 0.25) is 5.28 Å². The zero-order valence-electron chi connectivity index (χ0n) is 18.6. The van der Waals surface area contributed by atoms with Crippen LogP contribution in [-0.2, 0) is 18.4 Å². The summed E-state index contributed by atoms with van der Waals surface area (Å²) in [6, 6.07) is 9.34. The Kier molecular flexibility index (Phi) is 7.82. The van der Waals surface area contributed by atoms with Crippen molar-refractivity contribution in [2.45, 2.75) is 37.6 Å². The summed E-state index contributed by atoms with van der Waals surface area (Å²) in [6.45, 7) is 1.11. The lowest BCUT2D eigenvalue weighted by Crippen LogP contribution is -2.31. The van der Waals surface area contributed by atoms with Gasteiger partial charge in [-0.1, -0.05) is 30.3 Å². The van der Waals surface area contributed by atoms with Crippen LogP contribution in [-0.4, -0.2) is 70.4 Å². The van der Waals surface area contributed by atoms with Gasteiger partial charge in [-0.3, -0.25) is 9.13 Å². The average molecular weight is 566 g/mol. The summed E-state index contributed by atoms with van der Waals surface area (Å²) < 4.78 is 49.1. The fourth-order valence-electron chi connectivity index (χ4n) is 3.73. The van der Waals surface area contributed by atoms with E-state index in [1.807, 2.05) is 37.3 Å². The predicted octanol–water partition coefficient (Wildman–Crippen LogP) is 2.59. The Morgan fingerprint density at radius 1 is 1.25 bits per heavy atom. The standard InChI is InChI=1S/C19H23ClFN5O8P2/c1-10(11-5-3-2-4-6-11)23-16-12-7-22-26(17(12)25-19(20)24-16)18-14(21)15(27)13(34-18)8-33-36(31,32)9-35(28,29)30/h2-7,10,13-15,18,27H,8-9H2,1H3,(H,31,32)(H,23,24,25)(H2,28,29,30)/t10-,13-,14+,15-,18-/m1/s1. The minimum atomic E-state index is -4.86. The number of benzene rings is 1. The number of aliphatic hydroxyl groups excluding tert-OH is 1. The van der Waals surface area contributed by atoms with Crippen LogP contribution in [0.1, 0.15) is 24.8 Å². The van der Waals surface area contributed by atoms with Gasteiger partial charge in [-0.05, 0) is 24.1 Å². The molecular weight excluding hydrogens is 543 g/mol. The van der Waals surface area contributed by atoms with Gasteiger partial charge >= 0.3 is 15.2 Å². The van der Waals surface area contributed by atoms with Gasteiger partial charge in [0.1, 0.15) is 18.0 Å². The normalized spacial score (nSPS) is 25.1. The minimum Gasteiger partial charge on any atom is -0.387 e. The molecule has 13 nitrogen and oxygen atoms in total. The molecule has 1 unspecified atom stereocenters. The lowest BCUT2D eigenvalue weighted by atomic mass is 10.1. The zero-order chi connectivity index (χ0) is 26.3. The molecule has 3 heterocycles. The van der Waals surface area contributed by atoms with Crippen LogP contribution in [0.3, 0.4) is 0 Å². The molecule has 4 rings (SSSR count). The van der Waals surface area contributed by atoms with E-state index in [1.165, 1.54) is 6.20 Å². The number of hydrogen-bond donors (Lipinski definition) is 5. The maximum Gasteiger partial charge on any atom is 0.340 e. The van der Waals surface area contributed by atoms with Crippen molar-refractivity contribution in [3.05, 3.63) is 47.4 Å². The van der Waals surface area contributed by atoms with Crippen molar-refractivity contribution in [2.75, 3.05) is 17.8 Å². The topological polar surface area (TPSA) is 189 Å². The minimum absolute atomic E-state index is 0.105. The van der Waals surface area contributed by atoms with Crippen LogP contribution in [0.5, 0.6) is 0 Å². The first-order valence-corrected chi connectivity index (χ1v) is 14.5. The fraction of sp³-hybridized carbons (Fsp3) is 0.421. The van der Waals surface area contributed by atoms with Gasteiger partial charge in [-0.2, -0.15) is 15.1 Å². The molecule has 0 radical (unpaired) electrons. The number of halogens is 2. The molecule has 0 bridgehead atoms. The molecule has 1 aromatic carbocycles. The van der Waals surface area contributed by atoms with Crippen molar-refractivity contribution >= 4 is 43.6 Å². The molecular formula is C19H23ClFN5O8P2. The number of fused-ring (bicyclic) bond motifs is 1. The van der Waals surface area contributed by atoms with Crippen LogP contribution >= 0.6 is 26.8 Å². The smallest absolute Gasteiger partial charge is 0.340 e. The SMILES string of the molecule is C[C@@H](Nc1nc(Cl)nc2c1cnn2[C@@H]1O[C@H](COP(=O)(O)CP(=O)(O)O)[C@@H](O)[C@@H]1F)c1ccccc1. The van der Waals surface area contributed by atoms with Gasteiger partial charge in [0, 0.05) is 6.04 Å². The highest BCUT2D eigenvalue weighted by Crippen LogP contribution is 2.55. The summed E-state index contributed by atoms with van der Waals surface area (Å²) in [7, 11) is -9.59. The second kappa shape index (κ2) is 10.4. The van der Waals surface area contributed by atoms with Crippen LogP contribution in [0.15, 0.2) is 36.5 Å². The van der Waals surface area contributed by atoms with Crippen molar-refractivity contribution in [3.63, 3.8) is 0 Å². The number of aromatic nitrogens is 4. The maximum absolute atomic E-state index is 15.0. The molecule has 5 N–H and O–H groups in total. The largest absolute Gasteiger partial charge is 0.387 e. The maximum atomic E-state index is 15.0. The first kappa shape index (κ1) is 27.1. The van der Waals surface area contributed by atoms with Gasteiger partial charge in [-0.15, -0.1) is 0 Å². The number of nitrogens with one attached hydrogen (secondary N) is 1. The Labute approximate surface area is 208 Å². The Hall–Kier alpha value is -1.99. The van der Waals surface area contributed by atoms with Gasteiger partial charge in [-0.25, -0.2) is 9.07 Å². The third-order valence-corrected chi connectivity index (χ3v) is 9.04. The van der Waals surface area contributed by atoms with E-state index < -0.39 is 52.3 Å². The fourth-order valence-corrected chi connectivity index (χ4v) is 6.46. The van der Waals surface area contributed by atoms with E-state index in [2.05, 4.69) is 24.9 Å². The molecule has 1 aliphatic rings. The van der Waals surface area contributed by atoms with Crippen molar-refractivity contribution in [1.82, 2.24) is 19.7 Å². The molecule has 6 atom stereocenters. The summed E-state index contributed by atoms with van der Waals surface area (Å²) in [4.78, 5) is 35.7. The lowest BCUT2D eigenvalue weighted by molar-refractivity contribution is -0.0472. The van der Waals surface area contributed by atoms with Crippen molar-refractivity contribution in [3.8, 4) is 0 Å². The molecule has 36 heavy (non-hydrogen) atoms. The number of ether oxygens (including phenoxy) is 1. The number of nitrogens with zero attached hydrogens (tertiary/aromatic N) is 4. The number of rotatable bonds is 9. The second-order valence-corrected chi connectivity index (χ2v) is 12.5. The van der Waals surface area contributed by atoms with Gasteiger partial charge in [0.2, 0.25) is 5.28 Å². The van der Waals surface area contributed by atoms with E-state index in [9.17, 15) is 19.1 Å². The number of anilines is 1. The van der Waals surface area contributed by atoms with E-state index >= 15 is 4.39 Å². The predicted molar refractivity (Wildman–Crippen MR) is 126 cm³/mol. The zero-order valence-corrected chi connectivity index (χ0v) is 21.2. The van der Waals surface area contributed by atoms with Crippen LogP contribution in [0, 0.1) is 0 Å². The average Bonchev–Trinajstić information content (AvgIpc) is 3.32. The summed E-state index contributed by atoms with van der Waals surface area (Å²) in [5.41, 5.74) is 1.08. The quantitative estimate of drug-likeness (QED) is 0.189. The molecule has 17 heteroatoms. The summed E-state index contributed by atoms with van der Waals surface area (Å²) >= 11 is 6.11. The first-order chi connectivity index (χ1) is 16.8. The number of hydrogen-bond acceptors (Lipinski definition) is 9. The Balaban J connectivity index is 1.55. The highest BCUT2D eigenvalue weighted by atomic mass is 35.5. The van der Waals surface area contributed by atoms with E-state index in [1.54, 1.807) is 0 Å². The molecule has 3 aromatic rings. The molecule has 0 spiro atoms. The van der Waals surface area contributed by atoms with Crippen LogP contribution < -0.4 is 5.32 Å². The third kappa shape index (κ3) is 6.10. The van der Waals surface area contributed by atoms with E-state index in [0.29, 0.717) is 11.2 Å². The van der Waals surface area contributed by atoms with Gasteiger partial charge < -0.3 is 34.4 Å². The Bertz CT molecular complexity index is 1330. The Morgan fingerprint density at radius 3 is 2.61 bits per heavy atom. The summed E-state index contributed by atoms with van der Waals surface area (Å²) in [5, 5.41) is 17.9. The van der Waals surface area contributed by atoms with Crippen molar-refractivity contribution in [1.29, 1.82) is 0 Å². The number of alkyl halides is 1. The van der Waals surface area contributed by atoms with E-state index in [-0.39, 0.29) is 17.0 Å². The monoisotopic (exact) mass is 565 g/mol. The molecule has 2 aromatic heterocycles. The second-order valence-electron chi connectivity index (χ2n) is 8.18. The first-order valence-electron chi connectivity index (χ1n) is 10.6. The molecule has 1 fully saturated rings. The lowest BCUT2D eigenvalue weighted by Gasteiger charge is -2.18. The number of aliphatic hydroxyl groups is 1. The molecule has 1 aliphatic heterocycles. The van der Waals surface area contributed by atoms with E-state index in [4.69, 9.17) is 26.1 Å². The van der Waals surface area contributed by atoms with E-state index in [0.717, 1.165) is 10.2 Å². The Morgan fingerprint density at radius 2 is 1.94 bits per heavy atom. The molecule has 1 saturated heterocycles. The molecule has 0 saturated carbocycles. The van der Waals surface area contributed by atoms with Crippen LogP contribution in [0.25, 0.3) is 11.0 Å². The van der Waals surface area contributed by atoms with Gasteiger partial charge in [0.25, 0.3) is 0 Å². The van der Waals surface area contributed by atoms with Crippen LogP contribution in [0.4, 0.5) is 10.2 Å². The third-order valence-electron chi connectivity index (χ3n) is 5.42. The summed E-state index contributed by atoms with van der Waals surface area (Å²) in [5.74, 6) is -1.10.